The van der Waals surface area contributed by atoms with Gasteiger partial charge in [0.15, 0.2) is 0 Å². The van der Waals surface area contributed by atoms with E-state index in [0.717, 1.165) is 0 Å². The average Bonchev–Trinajstić information content (AvgIpc) is 2.34. The normalized spacial score (nSPS) is 16.8. The van der Waals surface area contributed by atoms with Crippen LogP contribution in [0.1, 0.15) is 28.9 Å². The summed E-state index contributed by atoms with van der Waals surface area (Å²) in [5.74, 6) is -0.412. The predicted octanol–water partition coefficient (Wildman–Crippen LogP) is 0.992. The summed E-state index contributed by atoms with van der Waals surface area (Å²) in [7, 11) is 1.29. The van der Waals surface area contributed by atoms with Crippen molar-refractivity contribution in [3.8, 4) is 6.07 Å². The van der Waals surface area contributed by atoms with Gasteiger partial charge in [0.2, 0.25) is 0 Å². The van der Waals surface area contributed by atoms with Crippen LogP contribution in [0.15, 0.2) is 18.3 Å². The Balaban J connectivity index is 2.27. The van der Waals surface area contributed by atoms with Gasteiger partial charge in [-0.2, -0.15) is 5.26 Å². The number of Topliss-reactive ketones (excluding diaryl/α,β-unsaturated/α-hetero) is 1. The van der Waals surface area contributed by atoms with Crippen molar-refractivity contribution >= 4 is 11.8 Å². The van der Waals surface area contributed by atoms with Gasteiger partial charge in [0, 0.05) is 19.0 Å². The van der Waals surface area contributed by atoms with Crippen LogP contribution in [0.3, 0.4) is 0 Å². The molecule has 0 amide bonds. The second-order valence-electron chi connectivity index (χ2n) is 4.01. The van der Waals surface area contributed by atoms with Crippen LogP contribution in [0.5, 0.6) is 0 Å². The van der Waals surface area contributed by atoms with Crippen LogP contribution in [0.4, 0.5) is 0 Å². The number of carbonyl (C=O) groups excluding carboxylic acids is 2. The molecule has 0 unspecified atom stereocenters. The first-order chi connectivity index (χ1) is 8.11. The molecule has 1 aromatic rings. The monoisotopic (exact) mass is 230 g/mol. The maximum atomic E-state index is 11.2. The molecule has 0 bridgehead atoms. The molecule has 0 N–H and O–H groups in total. The number of nitrogens with zero attached hydrogens (tertiary/aromatic N) is 2. The van der Waals surface area contributed by atoms with E-state index in [4.69, 9.17) is 5.26 Å². The van der Waals surface area contributed by atoms with Gasteiger partial charge in [-0.05, 0) is 12.1 Å². The first kappa shape index (κ1) is 11.3. The molecule has 1 fully saturated rings. The third-order valence-corrected chi connectivity index (χ3v) is 2.89. The Labute approximate surface area is 98.0 Å². The van der Waals surface area contributed by atoms with Gasteiger partial charge in [-0.15, -0.1) is 0 Å². The van der Waals surface area contributed by atoms with E-state index in [-0.39, 0.29) is 18.6 Å². The second kappa shape index (κ2) is 3.98. The van der Waals surface area contributed by atoms with Crippen molar-refractivity contribution in [1.29, 1.82) is 5.26 Å². The molecule has 0 aliphatic heterocycles. The number of rotatable bonds is 2. The summed E-state index contributed by atoms with van der Waals surface area (Å²) >= 11 is 0. The number of nitriles is 1. The SMILES string of the molecule is COC(=O)c1ccc(C2(C#N)CC(=O)C2)nc1. The third kappa shape index (κ3) is 1.78. The predicted molar refractivity (Wildman–Crippen MR) is 57.1 cm³/mol. The molecule has 0 atom stereocenters. The Bertz CT molecular complexity index is 506. The zero-order chi connectivity index (χ0) is 12.5. The Hall–Kier alpha value is -2.22. The lowest BCUT2D eigenvalue weighted by atomic mass is 9.66. The smallest absolute Gasteiger partial charge is 0.339 e. The molecule has 5 heteroatoms. The molecule has 1 heterocycles. The van der Waals surface area contributed by atoms with Crippen molar-refractivity contribution in [2.24, 2.45) is 0 Å². The maximum absolute atomic E-state index is 11.2. The summed E-state index contributed by atoms with van der Waals surface area (Å²) in [6.07, 6.45) is 1.77. The van der Waals surface area contributed by atoms with E-state index in [0.29, 0.717) is 11.3 Å². The van der Waals surface area contributed by atoms with Crippen molar-refractivity contribution in [3.05, 3.63) is 29.6 Å². The molecule has 2 rings (SSSR count). The van der Waals surface area contributed by atoms with Crippen LogP contribution in [0.2, 0.25) is 0 Å². The summed E-state index contributed by atoms with van der Waals surface area (Å²) in [6.45, 7) is 0. The molecular weight excluding hydrogens is 220 g/mol. The largest absolute Gasteiger partial charge is 0.465 e. The first-order valence-corrected chi connectivity index (χ1v) is 5.09. The van der Waals surface area contributed by atoms with E-state index in [1.165, 1.54) is 13.3 Å². The number of carbonyl (C=O) groups is 2. The van der Waals surface area contributed by atoms with Gasteiger partial charge >= 0.3 is 5.97 Å². The van der Waals surface area contributed by atoms with Gasteiger partial charge < -0.3 is 4.74 Å². The van der Waals surface area contributed by atoms with Crippen molar-refractivity contribution in [3.63, 3.8) is 0 Å². The lowest BCUT2D eigenvalue weighted by molar-refractivity contribution is -0.126. The topological polar surface area (TPSA) is 80.0 Å². The lowest BCUT2D eigenvalue weighted by Gasteiger charge is -2.32. The Morgan fingerprint density at radius 1 is 1.53 bits per heavy atom. The highest BCUT2D eigenvalue weighted by Crippen LogP contribution is 2.39. The highest BCUT2D eigenvalue weighted by molar-refractivity contribution is 5.90. The van der Waals surface area contributed by atoms with Gasteiger partial charge in [-0.1, -0.05) is 0 Å². The number of esters is 1. The summed E-state index contributed by atoms with van der Waals surface area (Å²) < 4.78 is 4.55. The zero-order valence-electron chi connectivity index (χ0n) is 9.27. The highest BCUT2D eigenvalue weighted by atomic mass is 16.5. The van der Waals surface area contributed by atoms with Gasteiger partial charge in [0.1, 0.15) is 11.2 Å². The Kier molecular flexibility index (Phi) is 2.64. The van der Waals surface area contributed by atoms with Crippen LogP contribution >= 0.6 is 0 Å². The van der Waals surface area contributed by atoms with Crippen molar-refractivity contribution < 1.29 is 14.3 Å². The van der Waals surface area contributed by atoms with Crippen LogP contribution in [-0.4, -0.2) is 23.8 Å². The average molecular weight is 230 g/mol. The minimum atomic E-state index is -0.800. The fourth-order valence-corrected chi connectivity index (χ4v) is 1.85. The number of hydrogen-bond donors (Lipinski definition) is 0. The van der Waals surface area contributed by atoms with E-state index < -0.39 is 11.4 Å². The fraction of sp³-hybridized carbons (Fsp3) is 0.333. The molecule has 0 spiro atoms. The minimum absolute atomic E-state index is 0.0606. The van der Waals surface area contributed by atoms with E-state index in [9.17, 15) is 9.59 Å². The Morgan fingerprint density at radius 2 is 2.24 bits per heavy atom. The van der Waals surface area contributed by atoms with Gasteiger partial charge in [0.05, 0.1) is 24.4 Å². The number of pyridine rings is 1. The molecule has 0 radical (unpaired) electrons. The number of ether oxygens (including phenoxy) is 1. The molecule has 5 nitrogen and oxygen atoms in total. The lowest BCUT2D eigenvalue weighted by Crippen LogP contribution is -2.41. The molecule has 86 valence electrons. The molecule has 1 aliphatic carbocycles. The molecule has 0 aromatic carbocycles. The second-order valence-corrected chi connectivity index (χ2v) is 4.01. The fourth-order valence-electron chi connectivity index (χ4n) is 1.85. The molecule has 1 aromatic heterocycles. The van der Waals surface area contributed by atoms with Crippen LogP contribution in [-0.2, 0) is 14.9 Å². The number of ketones is 1. The summed E-state index contributed by atoms with van der Waals surface area (Å²) in [5.41, 5.74) is 0.0633. The van der Waals surface area contributed by atoms with Crippen molar-refractivity contribution in [1.82, 2.24) is 4.98 Å². The summed E-state index contributed by atoms with van der Waals surface area (Å²) in [4.78, 5) is 26.3. The van der Waals surface area contributed by atoms with E-state index in [2.05, 4.69) is 15.8 Å². The van der Waals surface area contributed by atoms with Gasteiger partial charge in [0.25, 0.3) is 0 Å². The Morgan fingerprint density at radius 3 is 2.65 bits per heavy atom. The molecule has 0 saturated heterocycles. The summed E-state index contributed by atoms with van der Waals surface area (Å²) in [5, 5.41) is 9.10. The highest BCUT2D eigenvalue weighted by Gasteiger charge is 2.46. The molecule has 1 aliphatic rings. The van der Waals surface area contributed by atoms with Gasteiger partial charge in [-0.25, -0.2) is 4.79 Å². The zero-order valence-corrected chi connectivity index (χ0v) is 9.27. The van der Waals surface area contributed by atoms with Crippen LogP contribution < -0.4 is 0 Å². The summed E-state index contributed by atoms with van der Waals surface area (Å²) in [6, 6.07) is 5.28. The van der Waals surface area contributed by atoms with Crippen molar-refractivity contribution in [2.45, 2.75) is 18.3 Å². The van der Waals surface area contributed by atoms with Gasteiger partial charge in [-0.3, -0.25) is 9.78 Å². The van der Waals surface area contributed by atoms with E-state index >= 15 is 0 Å². The quantitative estimate of drug-likeness (QED) is 0.708. The number of aromatic nitrogens is 1. The maximum Gasteiger partial charge on any atom is 0.339 e. The first-order valence-electron chi connectivity index (χ1n) is 5.09. The minimum Gasteiger partial charge on any atom is -0.465 e. The number of methoxy groups -OCH3 is 1. The molecular formula is C12H10N2O3. The van der Waals surface area contributed by atoms with E-state index in [1.54, 1.807) is 12.1 Å². The van der Waals surface area contributed by atoms with Crippen LogP contribution in [0, 0.1) is 11.3 Å². The molecule has 17 heavy (non-hydrogen) atoms. The number of hydrogen-bond acceptors (Lipinski definition) is 5. The van der Waals surface area contributed by atoms with E-state index in [1.807, 2.05) is 0 Å². The van der Waals surface area contributed by atoms with Crippen LogP contribution in [0.25, 0.3) is 0 Å². The molecule has 1 saturated carbocycles. The third-order valence-electron chi connectivity index (χ3n) is 2.89. The standard InChI is InChI=1S/C12H10N2O3/c1-17-11(16)8-2-3-10(14-6-8)12(7-13)4-9(15)5-12/h2-3,6H,4-5H2,1H3. The van der Waals surface area contributed by atoms with Crippen molar-refractivity contribution in [2.75, 3.05) is 7.11 Å².